The quantitative estimate of drug-likeness (QED) is 0.165. The molecule has 0 aliphatic rings. The second-order valence-electron chi connectivity index (χ2n) is 10.8. The standard InChI is InChI=1S/2C16H11N2.C12H6S.2Pt/c2*1-3-10-17-15(8-1)13-6-5-7-14(12-13)16-9-2-4-11-18-16;1-2-4-10-8-12-11(5-6-13-12)7-9(10)3-1;;/h2*1-11H;1-2,4,6-8H;;/q2*-1;-2;2*+2. The normalized spacial score (nSPS) is 10.0. The number of aromatic nitrogens is 4. The first-order chi connectivity index (χ1) is 24.3. The van der Waals surface area contributed by atoms with Crippen LogP contribution in [0.25, 0.3) is 65.9 Å². The van der Waals surface area contributed by atoms with Crippen LogP contribution in [0.15, 0.2) is 170 Å². The van der Waals surface area contributed by atoms with E-state index in [1.807, 2.05) is 127 Å². The van der Waals surface area contributed by atoms with Crippen molar-refractivity contribution in [3.63, 3.8) is 0 Å². The van der Waals surface area contributed by atoms with E-state index in [0.717, 1.165) is 45.0 Å². The number of fused-ring (bicyclic) bond motifs is 2. The molecule has 51 heavy (non-hydrogen) atoms. The van der Waals surface area contributed by atoms with Crippen molar-refractivity contribution in [2.75, 3.05) is 0 Å². The van der Waals surface area contributed by atoms with Gasteiger partial charge in [-0.05, 0) is 24.3 Å². The molecule has 0 N–H and O–H groups in total. The molecule has 0 aliphatic heterocycles. The van der Waals surface area contributed by atoms with Crippen LogP contribution in [-0.4, -0.2) is 19.9 Å². The minimum Gasteiger partial charge on any atom is -0.295 e. The van der Waals surface area contributed by atoms with Gasteiger partial charge in [0.05, 0.1) is 0 Å². The molecule has 0 spiro atoms. The Labute approximate surface area is 330 Å². The number of nitrogens with zero attached hydrogens (tertiary/aromatic N) is 4. The van der Waals surface area contributed by atoms with Gasteiger partial charge in [-0.1, -0.05) is 80.9 Å². The molecular weight excluding hydrogens is 1010 g/mol. The summed E-state index contributed by atoms with van der Waals surface area (Å²) in [5, 5.41) is 5.62. The molecule has 0 atom stereocenters. The molecule has 0 radical (unpaired) electrons. The zero-order valence-electron chi connectivity index (χ0n) is 27.0. The van der Waals surface area contributed by atoms with Gasteiger partial charge in [-0.15, -0.1) is 84.2 Å². The maximum absolute atomic E-state index is 4.33. The Morgan fingerprint density at radius 1 is 0.412 bits per heavy atom. The average Bonchev–Trinajstić information content (AvgIpc) is 3.66. The third-order valence-electron chi connectivity index (χ3n) is 7.52. The fourth-order valence-corrected chi connectivity index (χ4v) is 5.89. The largest absolute Gasteiger partial charge is 2.00 e. The van der Waals surface area contributed by atoms with E-state index in [1.54, 1.807) is 36.1 Å². The van der Waals surface area contributed by atoms with Crippen LogP contribution >= 0.6 is 11.3 Å². The van der Waals surface area contributed by atoms with Gasteiger partial charge in [-0.3, -0.25) is 19.9 Å². The number of pyridine rings is 4. The van der Waals surface area contributed by atoms with E-state index in [2.05, 4.69) is 62.4 Å². The number of rotatable bonds is 4. The fraction of sp³-hybridized carbons (Fsp3) is 0. The van der Waals surface area contributed by atoms with E-state index >= 15 is 0 Å². The van der Waals surface area contributed by atoms with E-state index in [-0.39, 0.29) is 42.1 Å². The second-order valence-corrected chi connectivity index (χ2v) is 11.7. The number of thiophene rings is 1. The first-order valence-electron chi connectivity index (χ1n) is 15.7. The van der Waals surface area contributed by atoms with Gasteiger partial charge >= 0.3 is 42.1 Å². The van der Waals surface area contributed by atoms with E-state index < -0.39 is 0 Å². The summed E-state index contributed by atoms with van der Waals surface area (Å²) in [4.78, 5) is 17.3. The Kier molecular flexibility index (Phi) is 13.8. The fourth-order valence-electron chi connectivity index (χ4n) is 5.14. The van der Waals surface area contributed by atoms with Crippen LogP contribution in [0.1, 0.15) is 0 Å². The Hall–Kier alpha value is -4.92. The summed E-state index contributed by atoms with van der Waals surface area (Å²) in [6.07, 6.45) is 7.15. The van der Waals surface area contributed by atoms with Gasteiger partial charge in [0.2, 0.25) is 0 Å². The van der Waals surface area contributed by atoms with Crippen molar-refractivity contribution in [2.45, 2.75) is 0 Å². The minimum atomic E-state index is 0. The van der Waals surface area contributed by atoms with Crippen LogP contribution in [0.5, 0.6) is 0 Å². The Balaban J connectivity index is 0.000000147. The van der Waals surface area contributed by atoms with Crippen molar-refractivity contribution in [1.82, 2.24) is 19.9 Å². The molecular formula is C44H28N4Pt2S. The maximum atomic E-state index is 4.33. The molecule has 250 valence electrons. The van der Waals surface area contributed by atoms with Crippen LogP contribution in [0.2, 0.25) is 0 Å². The molecule has 4 aromatic carbocycles. The van der Waals surface area contributed by atoms with Gasteiger partial charge in [-0.25, -0.2) is 11.3 Å². The Morgan fingerprint density at radius 3 is 1.27 bits per heavy atom. The molecule has 0 aliphatic carbocycles. The summed E-state index contributed by atoms with van der Waals surface area (Å²) in [6, 6.07) is 59.1. The van der Waals surface area contributed by atoms with Gasteiger partial charge < -0.3 is 0 Å². The molecule has 7 heteroatoms. The summed E-state index contributed by atoms with van der Waals surface area (Å²) in [5.41, 5.74) is 7.64. The molecule has 9 aromatic rings. The number of hydrogen-bond donors (Lipinski definition) is 0. The Bertz CT molecular complexity index is 2110. The van der Waals surface area contributed by atoms with Gasteiger partial charge in [0, 0.05) is 47.6 Å². The molecule has 5 aromatic heterocycles. The third kappa shape index (κ3) is 9.87. The predicted molar refractivity (Wildman–Crippen MR) is 200 cm³/mol. The monoisotopic (exact) mass is 1030 g/mol. The number of hydrogen-bond acceptors (Lipinski definition) is 5. The zero-order valence-corrected chi connectivity index (χ0v) is 32.4. The molecule has 4 nitrogen and oxygen atoms in total. The second kappa shape index (κ2) is 18.9. The van der Waals surface area contributed by atoms with E-state index in [4.69, 9.17) is 0 Å². The van der Waals surface area contributed by atoms with Crippen LogP contribution in [0.4, 0.5) is 0 Å². The minimum absolute atomic E-state index is 0. The molecule has 5 heterocycles. The van der Waals surface area contributed by atoms with E-state index in [9.17, 15) is 0 Å². The third-order valence-corrected chi connectivity index (χ3v) is 8.34. The smallest absolute Gasteiger partial charge is 0.295 e. The van der Waals surface area contributed by atoms with Crippen LogP contribution in [-0.2, 0) is 42.1 Å². The van der Waals surface area contributed by atoms with Crippen molar-refractivity contribution in [3.8, 4) is 45.0 Å². The summed E-state index contributed by atoms with van der Waals surface area (Å²) < 4.78 is 1.30. The molecule has 0 saturated carbocycles. The van der Waals surface area contributed by atoms with Crippen molar-refractivity contribution in [1.29, 1.82) is 0 Å². The van der Waals surface area contributed by atoms with Gasteiger partial charge in [0.25, 0.3) is 0 Å². The van der Waals surface area contributed by atoms with E-state index in [1.165, 1.54) is 20.9 Å². The molecule has 0 bridgehead atoms. The first-order valence-corrected chi connectivity index (χ1v) is 16.6. The summed E-state index contributed by atoms with van der Waals surface area (Å²) in [6.45, 7) is 0. The summed E-state index contributed by atoms with van der Waals surface area (Å²) >= 11 is 1.73. The van der Waals surface area contributed by atoms with Crippen molar-refractivity contribution in [3.05, 3.63) is 194 Å². The summed E-state index contributed by atoms with van der Waals surface area (Å²) in [5.74, 6) is 0. The molecule has 0 fully saturated rings. The van der Waals surface area contributed by atoms with Gasteiger partial charge in [-0.2, -0.15) is 22.9 Å². The van der Waals surface area contributed by atoms with E-state index in [0.29, 0.717) is 0 Å². The number of benzene rings is 4. The van der Waals surface area contributed by atoms with Gasteiger partial charge in [0.1, 0.15) is 0 Å². The van der Waals surface area contributed by atoms with Crippen molar-refractivity contribution in [2.24, 2.45) is 0 Å². The van der Waals surface area contributed by atoms with Crippen LogP contribution in [0.3, 0.4) is 0 Å². The molecule has 9 rings (SSSR count). The summed E-state index contributed by atoms with van der Waals surface area (Å²) in [7, 11) is 0. The first kappa shape index (κ1) is 37.3. The topological polar surface area (TPSA) is 51.6 Å². The molecule has 0 unspecified atom stereocenters. The van der Waals surface area contributed by atoms with Crippen LogP contribution < -0.4 is 0 Å². The zero-order chi connectivity index (χ0) is 33.1. The molecule has 0 saturated heterocycles. The van der Waals surface area contributed by atoms with Crippen molar-refractivity contribution < 1.29 is 42.1 Å². The predicted octanol–water partition coefficient (Wildman–Crippen LogP) is 10.9. The van der Waals surface area contributed by atoms with Crippen molar-refractivity contribution >= 4 is 32.2 Å². The molecule has 0 amide bonds. The average molecular weight is 1030 g/mol. The Morgan fingerprint density at radius 2 is 0.863 bits per heavy atom. The SMILES string of the molecule is [Pt+2].[Pt+2].[c-]1c(-c2ccccn2)cccc1-c1ccccn1.[c-]1c(-c2ccccn2)cccc1-c1ccccn1.[c-]1cccc2cc3sc[c-]c3cc12. The van der Waals surface area contributed by atoms with Gasteiger partial charge in [0.15, 0.2) is 0 Å². The van der Waals surface area contributed by atoms with Crippen LogP contribution in [0, 0.1) is 24.3 Å². The maximum Gasteiger partial charge on any atom is 2.00 e.